The number of nitrogens with one attached hydrogen (secondary N) is 2. The average molecular weight is 322 g/mol. The molecule has 0 aliphatic carbocycles. The molecule has 2 rings (SSSR count). The predicted molar refractivity (Wildman–Crippen MR) is 82.8 cm³/mol. The number of thioether (sulfide) groups is 1. The van der Waals surface area contributed by atoms with Gasteiger partial charge in [-0.05, 0) is 27.7 Å². The smallest absolute Gasteiger partial charge is 0.321 e. The molecule has 2 heterocycles. The van der Waals surface area contributed by atoms with Crippen molar-refractivity contribution < 1.29 is 9.59 Å². The average Bonchev–Trinajstić information content (AvgIpc) is 2.81. The lowest BCUT2D eigenvalue weighted by Crippen LogP contribution is -2.42. The topological polar surface area (TPSA) is 101 Å². The minimum absolute atomic E-state index is 0.384. The van der Waals surface area contributed by atoms with Crippen molar-refractivity contribution in [1.29, 1.82) is 0 Å². The number of fused-ring (bicyclic) bond motifs is 1. The molecule has 2 aromatic heterocycles. The van der Waals surface area contributed by atoms with Crippen LogP contribution in [0.2, 0.25) is 0 Å². The molecule has 22 heavy (non-hydrogen) atoms. The molecule has 0 bridgehead atoms. The van der Waals surface area contributed by atoms with E-state index >= 15 is 0 Å². The van der Waals surface area contributed by atoms with Gasteiger partial charge in [-0.25, -0.2) is 9.78 Å². The Hall–Kier alpha value is -2.16. The van der Waals surface area contributed by atoms with Crippen molar-refractivity contribution in [3.8, 4) is 0 Å². The number of amides is 3. The van der Waals surface area contributed by atoms with Crippen molar-refractivity contribution in [3.05, 3.63) is 17.6 Å². The largest absolute Gasteiger partial charge is 0.338 e. The number of carbonyl (C=O) groups is 2. The minimum Gasteiger partial charge on any atom is -0.338 e. The van der Waals surface area contributed by atoms with E-state index in [1.807, 2.05) is 19.9 Å². The molecule has 0 aliphatic rings. The number of imide groups is 1. The molecule has 0 saturated carbocycles. The summed E-state index contributed by atoms with van der Waals surface area (Å²) in [4.78, 5) is 27.7. The molecule has 2 N–H and O–H groups in total. The van der Waals surface area contributed by atoms with E-state index in [9.17, 15) is 9.59 Å². The van der Waals surface area contributed by atoms with Crippen molar-refractivity contribution >= 4 is 29.3 Å². The third-order valence-corrected chi connectivity index (χ3v) is 3.93. The molecule has 1 atom stereocenters. The Morgan fingerprint density at radius 3 is 2.77 bits per heavy atom. The van der Waals surface area contributed by atoms with Crippen molar-refractivity contribution in [1.82, 2.24) is 30.2 Å². The normalized spacial score (nSPS) is 12.2. The van der Waals surface area contributed by atoms with Gasteiger partial charge in [0.1, 0.15) is 5.82 Å². The standard InChI is InChI=1S/C13H18N6O2S/c1-5-14-12(21)16-11(20)8(3)22-13-18-17-10-6-7(2)15-9(4)19(10)13/h6,8H,5H2,1-4H3,(H2,14,16,20,21). The number of aryl methyl sites for hydroxylation is 2. The summed E-state index contributed by atoms with van der Waals surface area (Å²) in [5, 5.41) is 13.0. The number of hydrogen-bond acceptors (Lipinski definition) is 6. The summed E-state index contributed by atoms with van der Waals surface area (Å²) < 4.78 is 1.79. The zero-order valence-electron chi connectivity index (χ0n) is 12.9. The first-order chi connectivity index (χ1) is 10.4. The summed E-state index contributed by atoms with van der Waals surface area (Å²) in [6.07, 6.45) is 0. The lowest BCUT2D eigenvalue weighted by molar-refractivity contribution is -0.119. The SMILES string of the molecule is CCNC(=O)NC(=O)C(C)Sc1nnc2cc(C)nc(C)n12. The Labute approximate surface area is 132 Å². The first-order valence-electron chi connectivity index (χ1n) is 6.87. The van der Waals surface area contributed by atoms with Crippen LogP contribution in [0, 0.1) is 13.8 Å². The Balaban J connectivity index is 2.13. The van der Waals surface area contributed by atoms with Crippen molar-refractivity contribution in [2.45, 2.75) is 38.1 Å². The fraction of sp³-hybridized carbons (Fsp3) is 0.462. The fourth-order valence-electron chi connectivity index (χ4n) is 1.91. The van der Waals surface area contributed by atoms with Gasteiger partial charge >= 0.3 is 6.03 Å². The highest BCUT2D eigenvalue weighted by molar-refractivity contribution is 8.00. The third-order valence-electron chi connectivity index (χ3n) is 2.88. The number of nitrogens with zero attached hydrogens (tertiary/aromatic N) is 4. The van der Waals surface area contributed by atoms with Gasteiger partial charge in [0.05, 0.1) is 5.25 Å². The van der Waals surface area contributed by atoms with Crippen LogP contribution in [0.5, 0.6) is 0 Å². The van der Waals surface area contributed by atoms with Crippen LogP contribution in [0.25, 0.3) is 5.65 Å². The number of rotatable bonds is 4. The van der Waals surface area contributed by atoms with E-state index in [2.05, 4.69) is 25.8 Å². The molecule has 0 aliphatic heterocycles. The number of aromatic nitrogens is 4. The fourth-order valence-corrected chi connectivity index (χ4v) is 2.81. The number of carbonyl (C=O) groups excluding carboxylic acids is 2. The highest BCUT2D eigenvalue weighted by Gasteiger charge is 2.20. The number of hydrogen-bond donors (Lipinski definition) is 2. The van der Waals surface area contributed by atoms with E-state index in [-0.39, 0.29) is 5.91 Å². The van der Waals surface area contributed by atoms with Gasteiger partial charge in [-0.15, -0.1) is 10.2 Å². The second-order valence-electron chi connectivity index (χ2n) is 4.73. The van der Waals surface area contributed by atoms with Crippen molar-refractivity contribution in [2.75, 3.05) is 6.54 Å². The Bertz CT molecular complexity index is 714. The van der Waals surface area contributed by atoms with E-state index in [0.717, 1.165) is 11.5 Å². The Kier molecular flexibility index (Phi) is 4.96. The lowest BCUT2D eigenvalue weighted by atomic mass is 10.4. The van der Waals surface area contributed by atoms with Gasteiger partial charge in [0.15, 0.2) is 10.8 Å². The molecule has 9 heteroatoms. The monoisotopic (exact) mass is 322 g/mol. The molecule has 0 saturated heterocycles. The summed E-state index contributed by atoms with van der Waals surface area (Å²) >= 11 is 1.23. The highest BCUT2D eigenvalue weighted by atomic mass is 32.2. The molecule has 8 nitrogen and oxygen atoms in total. The molecular formula is C13H18N6O2S. The Morgan fingerprint density at radius 1 is 1.36 bits per heavy atom. The molecule has 3 amide bonds. The van der Waals surface area contributed by atoms with Gasteiger partial charge in [-0.2, -0.15) is 0 Å². The van der Waals surface area contributed by atoms with Gasteiger partial charge in [-0.1, -0.05) is 11.8 Å². The van der Waals surface area contributed by atoms with Crippen LogP contribution >= 0.6 is 11.8 Å². The maximum absolute atomic E-state index is 12.0. The highest BCUT2D eigenvalue weighted by Crippen LogP contribution is 2.23. The van der Waals surface area contributed by atoms with Crippen molar-refractivity contribution in [3.63, 3.8) is 0 Å². The van der Waals surface area contributed by atoms with Crippen LogP contribution in [0.1, 0.15) is 25.4 Å². The molecule has 0 aromatic carbocycles. The molecule has 0 radical (unpaired) electrons. The predicted octanol–water partition coefficient (Wildman–Crippen LogP) is 1.07. The summed E-state index contributed by atoms with van der Waals surface area (Å²) in [7, 11) is 0. The molecule has 2 aromatic rings. The first kappa shape index (κ1) is 16.2. The maximum Gasteiger partial charge on any atom is 0.321 e. The molecule has 0 spiro atoms. The third kappa shape index (κ3) is 3.53. The second kappa shape index (κ2) is 6.73. The molecule has 1 unspecified atom stereocenters. The van der Waals surface area contributed by atoms with E-state index < -0.39 is 11.3 Å². The first-order valence-corrected chi connectivity index (χ1v) is 7.75. The lowest BCUT2D eigenvalue weighted by Gasteiger charge is -2.11. The summed E-state index contributed by atoms with van der Waals surface area (Å²) in [5.41, 5.74) is 1.54. The Morgan fingerprint density at radius 2 is 2.09 bits per heavy atom. The maximum atomic E-state index is 12.0. The summed E-state index contributed by atoms with van der Waals surface area (Å²) in [6.45, 7) is 7.68. The van der Waals surface area contributed by atoms with E-state index in [1.165, 1.54) is 11.8 Å². The van der Waals surface area contributed by atoms with Gasteiger partial charge in [-0.3, -0.25) is 14.5 Å². The second-order valence-corrected chi connectivity index (χ2v) is 6.04. The van der Waals surface area contributed by atoms with Crippen LogP contribution in [0.15, 0.2) is 11.2 Å². The van der Waals surface area contributed by atoms with Crippen LogP contribution < -0.4 is 10.6 Å². The zero-order chi connectivity index (χ0) is 16.3. The molecular weight excluding hydrogens is 304 g/mol. The summed E-state index contributed by atoms with van der Waals surface area (Å²) in [6, 6.07) is 1.32. The van der Waals surface area contributed by atoms with E-state index in [1.54, 1.807) is 18.2 Å². The minimum atomic E-state index is -0.500. The van der Waals surface area contributed by atoms with Crippen molar-refractivity contribution in [2.24, 2.45) is 0 Å². The van der Waals surface area contributed by atoms with Crippen LogP contribution in [-0.2, 0) is 4.79 Å². The quantitative estimate of drug-likeness (QED) is 0.817. The van der Waals surface area contributed by atoms with Crippen LogP contribution in [-0.4, -0.2) is 43.3 Å². The van der Waals surface area contributed by atoms with Gasteiger partial charge < -0.3 is 5.32 Å². The number of urea groups is 1. The molecule has 0 fully saturated rings. The van der Waals surface area contributed by atoms with Gasteiger partial charge in [0.2, 0.25) is 5.91 Å². The van der Waals surface area contributed by atoms with Crippen LogP contribution in [0.3, 0.4) is 0 Å². The van der Waals surface area contributed by atoms with E-state index in [4.69, 9.17) is 0 Å². The van der Waals surface area contributed by atoms with Gasteiger partial charge in [0.25, 0.3) is 0 Å². The van der Waals surface area contributed by atoms with E-state index in [0.29, 0.717) is 17.3 Å². The zero-order valence-corrected chi connectivity index (χ0v) is 13.7. The van der Waals surface area contributed by atoms with Gasteiger partial charge in [0, 0.05) is 18.3 Å². The summed E-state index contributed by atoms with van der Waals surface area (Å²) in [5.74, 6) is 0.365. The molecule has 118 valence electrons. The van der Waals surface area contributed by atoms with Crippen LogP contribution in [0.4, 0.5) is 4.79 Å².